The summed E-state index contributed by atoms with van der Waals surface area (Å²) in [5.74, 6) is 0.477. The summed E-state index contributed by atoms with van der Waals surface area (Å²) >= 11 is 0. The van der Waals surface area contributed by atoms with Crippen molar-refractivity contribution >= 4 is 11.9 Å². The predicted molar refractivity (Wildman–Crippen MR) is 104 cm³/mol. The van der Waals surface area contributed by atoms with Crippen molar-refractivity contribution in [3.63, 3.8) is 0 Å². The average molecular weight is 373 g/mol. The van der Waals surface area contributed by atoms with Gasteiger partial charge >= 0.3 is 5.97 Å². The number of carbonyl (C=O) groups is 2. The van der Waals surface area contributed by atoms with Crippen molar-refractivity contribution in [3.05, 3.63) is 29.8 Å². The molecule has 0 bridgehead atoms. The Labute approximate surface area is 161 Å². The van der Waals surface area contributed by atoms with Crippen LogP contribution in [0.3, 0.4) is 0 Å². The summed E-state index contributed by atoms with van der Waals surface area (Å²) in [6, 6.07) is 8.01. The highest BCUT2D eigenvalue weighted by Crippen LogP contribution is 2.30. The van der Waals surface area contributed by atoms with Gasteiger partial charge in [0.1, 0.15) is 11.3 Å². The lowest BCUT2D eigenvalue weighted by Crippen LogP contribution is -2.56. The van der Waals surface area contributed by atoms with Gasteiger partial charge in [-0.05, 0) is 62.6 Å². The van der Waals surface area contributed by atoms with Crippen molar-refractivity contribution in [2.45, 2.75) is 82.3 Å². The van der Waals surface area contributed by atoms with Gasteiger partial charge in [-0.15, -0.1) is 0 Å². The lowest BCUT2D eigenvalue weighted by molar-refractivity contribution is -0.152. The van der Waals surface area contributed by atoms with Crippen molar-refractivity contribution in [3.8, 4) is 5.75 Å². The molecule has 2 fully saturated rings. The summed E-state index contributed by atoms with van der Waals surface area (Å²) in [5, 5.41) is 2.98. The third-order valence-electron chi connectivity index (χ3n) is 5.81. The van der Waals surface area contributed by atoms with E-state index in [4.69, 9.17) is 9.47 Å². The number of rotatable bonds is 7. The quantitative estimate of drug-likeness (QED) is 0.736. The molecule has 0 radical (unpaired) electrons. The van der Waals surface area contributed by atoms with Crippen molar-refractivity contribution in [1.82, 2.24) is 5.32 Å². The molecule has 0 saturated heterocycles. The molecule has 0 heterocycles. The SMILES string of the molecule is COC(=O)C1(NC(=O)CCc2cccc(OC3CCCC3)c2)CCCCC1. The molecule has 2 saturated carbocycles. The Morgan fingerprint density at radius 2 is 1.85 bits per heavy atom. The van der Waals surface area contributed by atoms with Gasteiger partial charge in [-0.1, -0.05) is 31.4 Å². The Kier molecular flexibility index (Phi) is 6.75. The maximum atomic E-state index is 12.5. The summed E-state index contributed by atoms with van der Waals surface area (Å²) in [6.07, 6.45) is 10.4. The Morgan fingerprint density at radius 1 is 1.11 bits per heavy atom. The average Bonchev–Trinajstić information content (AvgIpc) is 3.20. The molecule has 0 spiro atoms. The van der Waals surface area contributed by atoms with E-state index in [1.165, 1.54) is 20.0 Å². The van der Waals surface area contributed by atoms with Crippen LogP contribution in [-0.2, 0) is 20.7 Å². The van der Waals surface area contributed by atoms with Crippen molar-refractivity contribution < 1.29 is 19.1 Å². The van der Waals surface area contributed by atoms with Gasteiger partial charge in [-0.2, -0.15) is 0 Å². The topological polar surface area (TPSA) is 64.6 Å². The molecule has 0 atom stereocenters. The molecule has 27 heavy (non-hydrogen) atoms. The molecule has 5 nitrogen and oxygen atoms in total. The van der Waals surface area contributed by atoms with E-state index < -0.39 is 5.54 Å². The minimum atomic E-state index is -0.836. The normalized spacial score (nSPS) is 19.4. The van der Waals surface area contributed by atoms with Crippen LogP contribution < -0.4 is 10.1 Å². The highest BCUT2D eigenvalue weighted by Gasteiger charge is 2.41. The van der Waals surface area contributed by atoms with Crippen molar-refractivity contribution in [2.75, 3.05) is 7.11 Å². The van der Waals surface area contributed by atoms with Crippen LogP contribution in [0.25, 0.3) is 0 Å². The highest BCUT2D eigenvalue weighted by atomic mass is 16.5. The van der Waals surface area contributed by atoms with Crippen LogP contribution in [0.1, 0.15) is 69.8 Å². The van der Waals surface area contributed by atoms with Crippen molar-refractivity contribution in [1.29, 1.82) is 0 Å². The first-order chi connectivity index (χ1) is 13.1. The van der Waals surface area contributed by atoms with E-state index in [2.05, 4.69) is 5.32 Å². The molecule has 2 aliphatic carbocycles. The molecule has 0 aliphatic heterocycles. The Bertz CT molecular complexity index is 645. The summed E-state index contributed by atoms with van der Waals surface area (Å²) < 4.78 is 11.0. The summed E-state index contributed by atoms with van der Waals surface area (Å²) in [7, 11) is 1.39. The van der Waals surface area contributed by atoms with Gasteiger partial charge in [0.2, 0.25) is 5.91 Å². The first-order valence-corrected chi connectivity index (χ1v) is 10.3. The molecule has 0 unspecified atom stereocenters. The lowest BCUT2D eigenvalue weighted by Gasteiger charge is -2.35. The molecule has 1 aromatic rings. The molecule has 1 N–H and O–H groups in total. The van der Waals surface area contributed by atoms with E-state index in [9.17, 15) is 9.59 Å². The number of hydrogen-bond donors (Lipinski definition) is 1. The second-order valence-electron chi connectivity index (χ2n) is 7.85. The molecule has 148 valence electrons. The van der Waals surface area contributed by atoms with Crippen LogP contribution in [0, 0.1) is 0 Å². The second-order valence-corrected chi connectivity index (χ2v) is 7.85. The standard InChI is InChI=1S/C22H31NO4/c1-26-21(25)22(14-5-2-6-15-22)23-20(24)13-12-17-8-7-11-19(16-17)27-18-9-3-4-10-18/h7-8,11,16,18H,2-6,9-10,12-15H2,1H3,(H,23,24). The number of amides is 1. The molecule has 0 aromatic heterocycles. The highest BCUT2D eigenvalue weighted by molar-refractivity contribution is 5.88. The number of methoxy groups -OCH3 is 1. The maximum absolute atomic E-state index is 12.5. The summed E-state index contributed by atoms with van der Waals surface area (Å²) in [4.78, 5) is 24.8. The van der Waals surface area contributed by atoms with Crippen LogP contribution in [0.15, 0.2) is 24.3 Å². The van der Waals surface area contributed by atoms with Crippen LogP contribution >= 0.6 is 0 Å². The number of nitrogens with one attached hydrogen (secondary N) is 1. The molecule has 1 amide bonds. The zero-order valence-electron chi connectivity index (χ0n) is 16.3. The number of aryl methyl sites for hydroxylation is 1. The van der Waals surface area contributed by atoms with Crippen LogP contribution in [-0.4, -0.2) is 30.6 Å². The molecular weight excluding hydrogens is 342 g/mol. The van der Waals surface area contributed by atoms with Gasteiger partial charge in [0, 0.05) is 6.42 Å². The number of esters is 1. The largest absolute Gasteiger partial charge is 0.490 e. The minimum Gasteiger partial charge on any atom is -0.490 e. The van der Waals surface area contributed by atoms with Gasteiger partial charge in [0.05, 0.1) is 13.2 Å². The predicted octanol–water partition coefficient (Wildman–Crippen LogP) is 3.93. The van der Waals surface area contributed by atoms with Gasteiger partial charge < -0.3 is 14.8 Å². The van der Waals surface area contributed by atoms with Gasteiger partial charge in [-0.25, -0.2) is 4.79 Å². The Morgan fingerprint density at radius 3 is 2.56 bits per heavy atom. The molecule has 5 heteroatoms. The molecular formula is C22H31NO4. The first-order valence-electron chi connectivity index (χ1n) is 10.3. The minimum absolute atomic E-state index is 0.0931. The van der Waals surface area contributed by atoms with E-state index in [1.807, 2.05) is 24.3 Å². The van der Waals surface area contributed by atoms with Crippen LogP contribution in [0.5, 0.6) is 5.75 Å². The number of hydrogen-bond acceptors (Lipinski definition) is 4. The van der Waals surface area contributed by atoms with Gasteiger partial charge in [-0.3, -0.25) is 4.79 Å². The fraction of sp³-hybridized carbons (Fsp3) is 0.636. The molecule has 1 aromatic carbocycles. The number of ether oxygens (including phenoxy) is 2. The molecule has 2 aliphatic rings. The van der Waals surface area contributed by atoms with E-state index in [0.29, 0.717) is 31.8 Å². The fourth-order valence-electron chi connectivity index (χ4n) is 4.29. The zero-order valence-corrected chi connectivity index (χ0v) is 16.3. The Balaban J connectivity index is 1.54. The molecule has 3 rings (SSSR count). The third-order valence-corrected chi connectivity index (χ3v) is 5.81. The summed E-state index contributed by atoms with van der Waals surface area (Å²) in [6.45, 7) is 0. The summed E-state index contributed by atoms with van der Waals surface area (Å²) in [5.41, 5.74) is 0.244. The van der Waals surface area contributed by atoms with E-state index in [1.54, 1.807) is 0 Å². The van der Waals surface area contributed by atoms with E-state index >= 15 is 0 Å². The maximum Gasteiger partial charge on any atom is 0.331 e. The van der Waals surface area contributed by atoms with Crippen molar-refractivity contribution in [2.24, 2.45) is 0 Å². The number of carbonyl (C=O) groups excluding carboxylic acids is 2. The first kappa shape index (κ1) is 19.7. The Hall–Kier alpha value is -2.04. The third kappa shape index (κ3) is 5.24. The fourth-order valence-corrected chi connectivity index (χ4v) is 4.29. The van der Waals surface area contributed by atoms with E-state index in [-0.39, 0.29) is 11.9 Å². The smallest absolute Gasteiger partial charge is 0.331 e. The van der Waals surface area contributed by atoms with Crippen LogP contribution in [0.4, 0.5) is 0 Å². The number of benzene rings is 1. The zero-order chi connectivity index (χ0) is 19.1. The second kappa shape index (κ2) is 9.25. The van der Waals surface area contributed by atoms with Gasteiger partial charge in [0.25, 0.3) is 0 Å². The lowest BCUT2D eigenvalue weighted by atomic mass is 9.81. The van der Waals surface area contributed by atoms with Crippen LogP contribution in [0.2, 0.25) is 0 Å². The monoisotopic (exact) mass is 373 g/mol. The van der Waals surface area contributed by atoms with E-state index in [0.717, 1.165) is 43.4 Å². The van der Waals surface area contributed by atoms with Gasteiger partial charge in [0.15, 0.2) is 0 Å².